The number of rotatable bonds is 4. The number of thiazole rings is 2. The van der Waals surface area contributed by atoms with Gasteiger partial charge in [-0.05, 0) is 37.1 Å². The van der Waals surface area contributed by atoms with Crippen molar-refractivity contribution >= 4 is 53.4 Å². The zero-order valence-corrected chi connectivity index (χ0v) is 19.2. The predicted molar refractivity (Wildman–Crippen MR) is 126 cm³/mol. The summed E-state index contributed by atoms with van der Waals surface area (Å²) in [6.45, 7) is 8.00. The summed E-state index contributed by atoms with van der Waals surface area (Å²) in [6, 6.07) is 8.21. The Labute approximate surface area is 183 Å². The molecule has 30 heavy (non-hydrogen) atoms. The molecule has 8 heteroatoms. The van der Waals surface area contributed by atoms with Crippen molar-refractivity contribution in [2.24, 2.45) is 0 Å². The maximum Gasteiger partial charge on any atom is 0.186 e. The fraction of sp³-hybridized carbons (Fsp3) is 0.364. The Kier molecular flexibility index (Phi) is 4.91. The molecule has 0 spiro atoms. The van der Waals surface area contributed by atoms with Gasteiger partial charge in [-0.1, -0.05) is 34.8 Å². The average molecular weight is 441 g/mol. The van der Waals surface area contributed by atoms with E-state index in [0.717, 1.165) is 63.7 Å². The summed E-state index contributed by atoms with van der Waals surface area (Å²) in [5.74, 6) is 1.63. The summed E-state index contributed by atoms with van der Waals surface area (Å²) in [6.07, 6.45) is 0. The fourth-order valence-electron chi connectivity index (χ4n) is 3.88. The number of aryl methyl sites for hydroxylation is 2. The number of piperazine rings is 1. The fourth-order valence-corrected chi connectivity index (χ4v) is 6.17. The lowest BCUT2D eigenvalue weighted by atomic mass is 10.1. The topological polar surface area (TPSA) is 50.7 Å². The van der Waals surface area contributed by atoms with Gasteiger partial charge in [-0.25, -0.2) is 9.97 Å². The molecule has 3 heterocycles. The van der Waals surface area contributed by atoms with E-state index in [-0.39, 0.29) is 0 Å². The summed E-state index contributed by atoms with van der Waals surface area (Å²) in [4.78, 5) is 14.6. The lowest BCUT2D eigenvalue weighted by Crippen LogP contribution is -2.46. The van der Waals surface area contributed by atoms with Gasteiger partial charge in [0.25, 0.3) is 0 Å². The Morgan fingerprint density at radius 2 is 1.23 bits per heavy atom. The van der Waals surface area contributed by atoms with E-state index in [2.05, 4.69) is 35.8 Å². The van der Waals surface area contributed by atoms with Crippen LogP contribution in [0.1, 0.15) is 11.1 Å². The molecule has 0 N–H and O–H groups in total. The van der Waals surface area contributed by atoms with Gasteiger partial charge in [0.2, 0.25) is 0 Å². The Morgan fingerprint density at radius 1 is 0.700 bits per heavy atom. The number of hydrogen-bond acceptors (Lipinski definition) is 8. The van der Waals surface area contributed by atoms with Crippen molar-refractivity contribution in [3.05, 3.63) is 35.4 Å². The molecule has 0 bridgehead atoms. The van der Waals surface area contributed by atoms with Gasteiger partial charge in [-0.3, -0.25) is 0 Å². The summed E-state index contributed by atoms with van der Waals surface area (Å²) >= 11 is 3.47. The van der Waals surface area contributed by atoms with Crippen LogP contribution in [0.3, 0.4) is 0 Å². The lowest BCUT2D eigenvalue weighted by Gasteiger charge is -2.34. The average Bonchev–Trinajstić information content (AvgIpc) is 3.42. The summed E-state index contributed by atoms with van der Waals surface area (Å²) < 4.78 is 13.4. The first-order valence-electron chi connectivity index (χ1n) is 9.97. The van der Waals surface area contributed by atoms with Gasteiger partial charge in [-0.15, -0.1) is 0 Å². The molecule has 0 atom stereocenters. The number of ether oxygens (including phenoxy) is 2. The maximum absolute atomic E-state index is 5.53. The lowest BCUT2D eigenvalue weighted by molar-refractivity contribution is 0.410. The van der Waals surface area contributed by atoms with E-state index in [9.17, 15) is 0 Å². The number of nitrogens with zero attached hydrogens (tertiary/aromatic N) is 4. The first-order chi connectivity index (χ1) is 14.6. The van der Waals surface area contributed by atoms with E-state index in [1.165, 1.54) is 15.8 Å². The first-order valence-corrected chi connectivity index (χ1v) is 11.6. The minimum Gasteiger partial charge on any atom is -0.495 e. The van der Waals surface area contributed by atoms with Crippen LogP contribution in [0.5, 0.6) is 11.5 Å². The summed E-state index contributed by atoms with van der Waals surface area (Å²) in [5.41, 5.74) is 4.56. The maximum atomic E-state index is 5.53. The molecule has 0 radical (unpaired) electrons. The van der Waals surface area contributed by atoms with Gasteiger partial charge >= 0.3 is 0 Å². The van der Waals surface area contributed by atoms with Crippen LogP contribution < -0.4 is 19.3 Å². The molecule has 0 amide bonds. The van der Waals surface area contributed by atoms with Crippen molar-refractivity contribution in [2.45, 2.75) is 13.8 Å². The van der Waals surface area contributed by atoms with Crippen molar-refractivity contribution < 1.29 is 9.47 Å². The minimum absolute atomic E-state index is 0.784. The Bertz CT molecular complexity index is 1150. The largest absolute Gasteiger partial charge is 0.495 e. The van der Waals surface area contributed by atoms with Crippen LogP contribution in [0, 0.1) is 13.8 Å². The third-order valence-electron chi connectivity index (χ3n) is 5.65. The molecule has 1 aliphatic rings. The van der Waals surface area contributed by atoms with Crippen molar-refractivity contribution in [2.75, 3.05) is 50.2 Å². The van der Waals surface area contributed by atoms with E-state index >= 15 is 0 Å². The normalized spacial score (nSPS) is 14.7. The first kappa shape index (κ1) is 19.4. The van der Waals surface area contributed by atoms with Crippen molar-refractivity contribution in [3.8, 4) is 11.5 Å². The predicted octanol–water partition coefficient (Wildman–Crippen LogP) is 4.87. The Hall–Kier alpha value is -2.58. The van der Waals surface area contributed by atoms with Gasteiger partial charge in [0.15, 0.2) is 10.3 Å². The van der Waals surface area contributed by atoms with E-state index in [0.29, 0.717) is 0 Å². The second-order valence-electron chi connectivity index (χ2n) is 7.49. The third kappa shape index (κ3) is 3.15. The number of fused-ring (bicyclic) bond motifs is 2. The molecule has 156 valence electrons. The molecule has 2 aromatic carbocycles. The molecule has 1 aliphatic heterocycles. The third-order valence-corrected chi connectivity index (χ3v) is 8.03. The molecule has 4 aromatic rings. The highest BCUT2D eigenvalue weighted by atomic mass is 32.1. The molecule has 5 rings (SSSR count). The zero-order chi connectivity index (χ0) is 20.8. The summed E-state index contributed by atoms with van der Waals surface area (Å²) in [5, 5.41) is 2.14. The van der Waals surface area contributed by atoms with Crippen molar-refractivity contribution in [1.82, 2.24) is 9.97 Å². The Balaban J connectivity index is 1.39. The van der Waals surface area contributed by atoms with Gasteiger partial charge in [-0.2, -0.15) is 0 Å². The van der Waals surface area contributed by atoms with Crippen LogP contribution in [0.2, 0.25) is 0 Å². The highest BCUT2D eigenvalue weighted by Crippen LogP contribution is 2.40. The van der Waals surface area contributed by atoms with Gasteiger partial charge < -0.3 is 19.3 Å². The van der Waals surface area contributed by atoms with Crippen molar-refractivity contribution in [3.63, 3.8) is 0 Å². The second-order valence-corrected chi connectivity index (χ2v) is 9.45. The number of hydrogen-bond donors (Lipinski definition) is 0. The molecule has 0 unspecified atom stereocenters. The van der Waals surface area contributed by atoms with Crippen LogP contribution in [-0.2, 0) is 0 Å². The van der Waals surface area contributed by atoms with E-state index in [4.69, 9.17) is 19.4 Å². The van der Waals surface area contributed by atoms with Crippen LogP contribution in [0.4, 0.5) is 10.3 Å². The highest BCUT2D eigenvalue weighted by molar-refractivity contribution is 7.23. The van der Waals surface area contributed by atoms with E-state index < -0.39 is 0 Å². The molecule has 0 aliphatic carbocycles. The van der Waals surface area contributed by atoms with Gasteiger partial charge in [0.1, 0.15) is 21.7 Å². The summed E-state index contributed by atoms with van der Waals surface area (Å²) in [7, 11) is 3.38. The molecule has 2 aromatic heterocycles. The van der Waals surface area contributed by atoms with E-state index in [1.54, 1.807) is 36.9 Å². The van der Waals surface area contributed by atoms with E-state index in [1.807, 2.05) is 12.1 Å². The minimum atomic E-state index is 0.784. The highest BCUT2D eigenvalue weighted by Gasteiger charge is 2.24. The van der Waals surface area contributed by atoms with Crippen LogP contribution in [-0.4, -0.2) is 50.4 Å². The SMILES string of the molecule is COc1ccc(OC)c2sc(N3CCN(c4nc5c(C)ccc(C)c5s4)CC3)nc12. The molecular weight excluding hydrogens is 416 g/mol. The smallest absolute Gasteiger partial charge is 0.186 e. The molecule has 1 fully saturated rings. The van der Waals surface area contributed by atoms with Crippen molar-refractivity contribution in [1.29, 1.82) is 0 Å². The molecular formula is C22H24N4O2S2. The van der Waals surface area contributed by atoms with Crippen LogP contribution in [0.15, 0.2) is 24.3 Å². The monoisotopic (exact) mass is 440 g/mol. The quantitative estimate of drug-likeness (QED) is 0.451. The number of anilines is 2. The standard InChI is InChI=1S/C22H24N4O2S2/c1-13-5-6-14(2)19-17(13)23-21(29-19)25-9-11-26(12-10-25)22-24-18-15(27-3)7-8-16(28-4)20(18)30-22/h5-8H,9-12H2,1-4H3. The second kappa shape index (κ2) is 7.59. The number of aromatic nitrogens is 2. The van der Waals surface area contributed by atoms with Gasteiger partial charge in [0, 0.05) is 26.2 Å². The van der Waals surface area contributed by atoms with Gasteiger partial charge in [0.05, 0.1) is 24.4 Å². The molecule has 6 nitrogen and oxygen atoms in total. The number of methoxy groups -OCH3 is 2. The molecule has 1 saturated heterocycles. The zero-order valence-electron chi connectivity index (χ0n) is 17.6. The van der Waals surface area contributed by atoms with Crippen LogP contribution in [0.25, 0.3) is 20.4 Å². The number of benzene rings is 2. The van der Waals surface area contributed by atoms with Crippen LogP contribution >= 0.6 is 22.7 Å². The Morgan fingerprint density at radius 3 is 1.83 bits per heavy atom. The molecule has 0 saturated carbocycles.